The van der Waals surface area contributed by atoms with Gasteiger partial charge in [0.1, 0.15) is 11.5 Å². The number of benzene rings is 2. The van der Waals surface area contributed by atoms with Crippen molar-refractivity contribution >= 4 is 17.2 Å². The Balaban J connectivity index is 2.21. The molecule has 0 atom stereocenters. The Morgan fingerprint density at radius 1 is 1.21 bits per heavy atom. The Hall–Kier alpha value is -3.26. The van der Waals surface area contributed by atoms with E-state index in [1.165, 1.54) is 0 Å². The standard InChI is InChI=1S/C19H16N2O3/c1-23-16-7-17-19(18(8-16)24-2)15(12-22)11-21(17)10-14-6-4-3-5-13(14)9-20/h3-8,11-12H,10H2,1-2H3. The lowest BCUT2D eigenvalue weighted by Crippen LogP contribution is -2.00. The summed E-state index contributed by atoms with van der Waals surface area (Å²) in [6, 6.07) is 13.2. The summed E-state index contributed by atoms with van der Waals surface area (Å²) in [6.07, 6.45) is 2.58. The Bertz CT molecular complexity index is 951. The van der Waals surface area contributed by atoms with Crippen LogP contribution in [0.1, 0.15) is 21.5 Å². The van der Waals surface area contributed by atoms with Crippen molar-refractivity contribution in [2.75, 3.05) is 14.2 Å². The smallest absolute Gasteiger partial charge is 0.152 e. The molecule has 0 N–H and O–H groups in total. The molecule has 0 amide bonds. The predicted molar refractivity (Wildman–Crippen MR) is 90.7 cm³/mol. The third-order valence-electron chi connectivity index (χ3n) is 4.01. The molecule has 1 heterocycles. The zero-order valence-corrected chi connectivity index (χ0v) is 13.4. The number of hydrogen-bond acceptors (Lipinski definition) is 4. The van der Waals surface area contributed by atoms with Crippen LogP contribution in [0.4, 0.5) is 0 Å². The minimum absolute atomic E-state index is 0.477. The SMILES string of the molecule is COc1cc(OC)c2c(C=O)cn(Cc3ccccc3C#N)c2c1. The lowest BCUT2D eigenvalue weighted by Gasteiger charge is -2.10. The van der Waals surface area contributed by atoms with Crippen LogP contribution in [0.3, 0.4) is 0 Å². The zero-order chi connectivity index (χ0) is 17.1. The number of aldehydes is 1. The molecule has 0 aliphatic heterocycles. The first kappa shape index (κ1) is 15.6. The molecule has 0 radical (unpaired) electrons. The number of aromatic nitrogens is 1. The first-order valence-corrected chi connectivity index (χ1v) is 7.40. The maximum Gasteiger partial charge on any atom is 0.152 e. The van der Waals surface area contributed by atoms with E-state index in [1.807, 2.05) is 28.8 Å². The highest BCUT2D eigenvalue weighted by Gasteiger charge is 2.16. The van der Waals surface area contributed by atoms with Gasteiger partial charge in [0.15, 0.2) is 6.29 Å². The summed E-state index contributed by atoms with van der Waals surface area (Å²) < 4.78 is 12.7. The maximum atomic E-state index is 11.5. The first-order chi connectivity index (χ1) is 11.7. The summed E-state index contributed by atoms with van der Waals surface area (Å²) >= 11 is 0. The summed E-state index contributed by atoms with van der Waals surface area (Å²) in [5.41, 5.74) is 2.86. The van der Waals surface area contributed by atoms with Gasteiger partial charge in [-0.25, -0.2) is 0 Å². The molecule has 3 rings (SSSR count). The van der Waals surface area contributed by atoms with Gasteiger partial charge >= 0.3 is 0 Å². The van der Waals surface area contributed by atoms with Crippen LogP contribution < -0.4 is 9.47 Å². The lowest BCUT2D eigenvalue weighted by molar-refractivity contribution is 0.112. The normalized spacial score (nSPS) is 10.4. The summed E-state index contributed by atoms with van der Waals surface area (Å²) in [7, 11) is 3.14. The average molecular weight is 320 g/mol. The number of fused-ring (bicyclic) bond motifs is 1. The molecule has 0 saturated heterocycles. The van der Waals surface area contributed by atoms with E-state index in [9.17, 15) is 10.1 Å². The molecule has 0 aliphatic carbocycles. The van der Waals surface area contributed by atoms with Crippen LogP contribution in [0, 0.1) is 11.3 Å². The number of rotatable bonds is 5. The summed E-state index contributed by atoms with van der Waals surface area (Å²) in [6.45, 7) is 0.477. The number of nitriles is 1. The largest absolute Gasteiger partial charge is 0.497 e. The van der Waals surface area contributed by atoms with Gasteiger partial charge in [-0.2, -0.15) is 5.26 Å². The molecule has 2 aromatic carbocycles. The molecule has 120 valence electrons. The molecular formula is C19H16N2O3. The Morgan fingerprint density at radius 3 is 2.67 bits per heavy atom. The Labute approximate surface area is 139 Å². The van der Waals surface area contributed by atoms with Crippen molar-refractivity contribution in [3.8, 4) is 17.6 Å². The second kappa shape index (κ2) is 6.47. The van der Waals surface area contributed by atoms with Crippen LogP contribution in [0.25, 0.3) is 10.9 Å². The van der Waals surface area contributed by atoms with E-state index in [4.69, 9.17) is 9.47 Å². The molecule has 0 unspecified atom stereocenters. The van der Waals surface area contributed by atoms with Gasteiger partial charge in [-0.3, -0.25) is 4.79 Å². The fraction of sp³-hybridized carbons (Fsp3) is 0.158. The molecular weight excluding hydrogens is 304 g/mol. The highest BCUT2D eigenvalue weighted by molar-refractivity contribution is 6.02. The van der Waals surface area contributed by atoms with Crippen molar-refractivity contribution < 1.29 is 14.3 Å². The van der Waals surface area contributed by atoms with Crippen molar-refractivity contribution in [1.82, 2.24) is 4.57 Å². The molecule has 0 saturated carbocycles. The van der Waals surface area contributed by atoms with Crippen LogP contribution >= 0.6 is 0 Å². The Kier molecular flexibility index (Phi) is 4.21. The van der Waals surface area contributed by atoms with Gasteiger partial charge in [0.2, 0.25) is 0 Å². The number of carbonyl (C=O) groups excluding carboxylic acids is 1. The van der Waals surface area contributed by atoms with E-state index >= 15 is 0 Å². The fourth-order valence-corrected chi connectivity index (χ4v) is 2.84. The van der Waals surface area contributed by atoms with E-state index in [1.54, 1.807) is 32.5 Å². The molecule has 3 aromatic rings. The van der Waals surface area contributed by atoms with E-state index in [0.29, 0.717) is 29.2 Å². The number of hydrogen-bond donors (Lipinski definition) is 0. The minimum atomic E-state index is 0.477. The van der Waals surface area contributed by atoms with E-state index in [0.717, 1.165) is 22.8 Å². The number of ether oxygens (including phenoxy) is 2. The molecule has 0 spiro atoms. The molecule has 0 fully saturated rings. The minimum Gasteiger partial charge on any atom is -0.497 e. The lowest BCUT2D eigenvalue weighted by atomic mass is 10.1. The molecule has 5 heteroatoms. The highest BCUT2D eigenvalue weighted by Crippen LogP contribution is 2.34. The quantitative estimate of drug-likeness (QED) is 0.676. The fourth-order valence-electron chi connectivity index (χ4n) is 2.84. The van der Waals surface area contributed by atoms with E-state index < -0.39 is 0 Å². The first-order valence-electron chi connectivity index (χ1n) is 7.40. The molecule has 1 aromatic heterocycles. The van der Waals surface area contributed by atoms with E-state index in [-0.39, 0.29) is 0 Å². The van der Waals surface area contributed by atoms with Crippen LogP contribution in [0.5, 0.6) is 11.5 Å². The van der Waals surface area contributed by atoms with Gasteiger partial charge in [-0.1, -0.05) is 18.2 Å². The Morgan fingerprint density at radius 2 is 2.00 bits per heavy atom. The number of carbonyl (C=O) groups is 1. The zero-order valence-electron chi connectivity index (χ0n) is 13.4. The second-order valence-electron chi connectivity index (χ2n) is 5.32. The van der Waals surface area contributed by atoms with Gasteiger partial charge in [-0.15, -0.1) is 0 Å². The summed E-state index contributed by atoms with van der Waals surface area (Å²) in [4.78, 5) is 11.5. The van der Waals surface area contributed by atoms with Crippen LogP contribution in [-0.2, 0) is 6.54 Å². The summed E-state index contributed by atoms with van der Waals surface area (Å²) in [5, 5.41) is 10.0. The van der Waals surface area contributed by atoms with Gasteiger partial charge in [0, 0.05) is 30.4 Å². The van der Waals surface area contributed by atoms with Crippen LogP contribution in [-0.4, -0.2) is 25.1 Å². The second-order valence-corrected chi connectivity index (χ2v) is 5.32. The van der Waals surface area contributed by atoms with Crippen molar-refractivity contribution in [2.45, 2.75) is 6.54 Å². The highest BCUT2D eigenvalue weighted by atomic mass is 16.5. The monoisotopic (exact) mass is 320 g/mol. The van der Waals surface area contributed by atoms with Gasteiger partial charge in [0.25, 0.3) is 0 Å². The third-order valence-corrected chi connectivity index (χ3v) is 4.01. The van der Waals surface area contributed by atoms with Crippen LogP contribution in [0.15, 0.2) is 42.6 Å². The number of methoxy groups -OCH3 is 2. The van der Waals surface area contributed by atoms with E-state index in [2.05, 4.69) is 6.07 Å². The number of nitrogens with zero attached hydrogens (tertiary/aromatic N) is 2. The van der Waals surface area contributed by atoms with Crippen LogP contribution in [0.2, 0.25) is 0 Å². The summed E-state index contributed by atoms with van der Waals surface area (Å²) in [5.74, 6) is 1.23. The van der Waals surface area contributed by atoms with Crippen molar-refractivity contribution in [3.63, 3.8) is 0 Å². The molecule has 24 heavy (non-hydrogen) atoms. The van der Waals surface area contributed by atoms with Crippen molar-refractivity contribution in [2.24, 2.45) is 0 Å². The van der Waals surface area contributed by atoms with Crippen molar-refractivity contribution in [3.05, 3.63) is 59.3 Å². The van der Waals surface area contributed by atoms with Gasteiger partial charge in [0.05, 0.1) is 36.8 Å². The topological polar surface area (TPSA) is 64.2 Å². The molecule has 5 nitrogen and oxygen atoms in total. The predicted octanol–water partition coefficient (Wildman–Crippen LogP) is 3.39. The molecule has 0 bridgehead atoms. The van der Waals surface area contributed by atoms with Gasteiger partial charge in [-0.05, 0) is 11.6 Å². The maximum absolute atomic E-state index is 11.5. The third kappa shape index (κ3) is 2.59. The average Bonchev–Trinajstić information content (AvgIpc) is 2.99. The van der Waals surface area contributed by atoms with Crippen molar-refractivity contribution in [1.29, 1.82) is 5.26 Å². The van der Waals surface area contributed by atoms with Gasteiger partial charge < -0.3 is 14.0 Å². The molecule has 0 aliphatic rings.